The Morgan fingerprint density at radius 2 is 1.96 bits per heavy atom. The SMILES string of the molecule is CC[C@H](C)Nc1nccc(N2Cc3ccccc3CC2(C)C)n1. The van der Waals surface area contributed by atoms with Crippen LogP contribution >= 0.6 is 0 Å². The second-order valence-electron chi connectivity index (χ2n) is 7.04. The first-order valence-electron chi connectivity index (χ1n) is 8.43. The van der Waals surface area contributed by atoms with E-state index in [0.29, 0.717) is 12.0 Å². The molecule has 1 N–H and O–H groups in total. The van der Waals surface area contributed by atoms with E-state index in [4.69, 9.17) is 4.98 Å². The number of aromatic nitrogens is 2. The van der Waals surface area contributed by atoms with Crippen molar-refractivity contribution in [3.63, 3.8) is 0 Å². The summed E-state index contributed by atoms with van der Waals surface area (Å²) in [5, 5.41) is 3.37. The number of hydrogen-bond acceptors (Lipinski definition) is 4. The molecule has 4 heteroatoms. The average Bonchev–Trinajstić information content (AvgIpc) is 2.53. The summed E-state index contributed by atoms with van der Waals surface area (Å²) in [5.74, 6) is 1.71. The van der Waals surface area contributed by atoms with Gasteiger partial charge in [-0.3, -0.25) is 0 Å². The summed E-state index contributed by atoms with van der Waals surface area (Å²) >= 11 is 0. The number of anilines is 2. The molecule has 0 unspecified atom stereocenters. The molecule has 1 aromatic carbocycles. The van der Waals surface area contributed by atoms with E-state index in [0.717, 1.165) is 25.2 Å². The van der Waals surface area contributed by atoms with Crippen LogP contribution in [0.15, 0.2) is 36.5 Å². The van der Waals surface area contributed by atoms with Gasteiger partial charge in [0.05, 0.1) is 0 Å². The maximum atomic E-state index is 4.76. The fraction of sp³-hybridized carbons (Fsp3) is 0.474. The third-order valence-corrected chi connectivity index (χ3v) is 4.71. The Morgan fingerprint density at radius 1 is 1.22 bits per heavy atom. The van der Waals surface area contributed by atoms with Gasteiger partial charge >= 0.3 is 0 Å². The van der Waals surface area contributed by atoms with Gasteiger partial charge in [0.2, 0.25) is 5.95 Å². The van der Waals surface area contributed by atoms with Crippen LogP contribution in [0.1, 0.15) is 45.2 Å². The second kappa shape index (κ2) is 6.19. The molecule has 2 aromatic rings. The molecule has 0 amide bonds. The molecular formula is C19H26N4. The molecule has 0 aliphatic carbocycles. The van der Waals surface area contributed by atoms with Gasteiger partial charge in [0.1, 0.15) is 5.82 Å². The number of rotatable bonds is 4. The van der Waals surface area contributed by atoms with Crippen LogP contribution in [0.5, 0.6) is 0 Å². The molecule has 1 aliphatic rings. The third-order valence-electron chi connectivity index (χ3n) is 4.71. The summed E-state index contributed by atoms with van der Waals surface area (Å²) in [5.41, 5.74) is 2.87. The molecule has 0 bridgehead atoms. The molecule has 122 valence electrons. The Bertz CT molecular complexity index is 681. The zero-order chi connectivity index (χ0) is 16.4. The third kappa shape index (κ3) is 3.31. The molecule has 0 radical (unpaired) electrons. The number of benzene rings is 1. The van der Waals surface area contributed by atoms with E-state index < -0.39 is 0 Å². The first kappa shape index (κ1) is 15.8. The van der Waals surface area contributed by atoms with Crippen molar-refractivity contribution >= 4 is 11.8 Å². The topological polar surface area (TPSA) is 41.1 Å². The van der Waals surface area contributed by atoms with Gasteiger partial charge in [-0.2, -0.15) is 4.98 Å². The molecule has 1 aliphatic heterocycles. The summed E-state index contributed by atoms with van der Waals surface area (Å²) < 4.78 is 0. The van der Waals surface area contributed by atoms with E-state index in [9.17, 15) is 0 Å². The lowest BCUT2D eigenvalue weighted by Crippen LogP contribution is -2.49. The average molecular weight is 310 g/mol. The van der Waals surface area contributed by atoms with Gasteiger partial charge in [0.25, 0.3) is 0 Å². The van der Waals surface area contributed by atoms with Gasteiger partial charge in [0, 0.05) is 24.3 Å². The van der Waals surface area contributed by atoms with Gasteiger partial charge in [-0.15, -0.1) is 0 Å². The Balaban J connectivity index is 1.90. The Labute approximate surface area is 139 Å². The van der Waals surface area contributed by atoms with Crippen molar-refractivity contribution < 1.29 is 0 Å². The van der Waals surface area contributed by atoms with Crippen LogP contribution in [0.3, 0.4) is 0 Å². The lowest BCUT2D eigenvalue weighted by atomic mass is 9.85. The predicted octanol–water partition coefficient (Wildman–Crippen LogP) is 4.03. The molecular weight excluding hydrogens is 284 g/mol. The van der Waals surface area contributed by atoms with Crippen LogP contribution < -0.4 is 10.2 Å². The van der Waals surface area contributed by atoms with Crippen LogP contribution in [0.25, 0.3) is 0 Å². The number of fused-ring (bicyclic) bond motifs is 1. The normalized spacial score (nSPS) is 17.5. The van der Waals surface area contributed by atoms with E-state index in [1.165, 1.54) is 11.1 Å². The summed E-state index contributed by atoms with van der Waals surface area (Å²) in [4.78, 5) is 11.5. The van der Waals surface area contributed by atoms with Crippen LogP contribution in [0.4, 0.5) is 11.8 Å². The molecule has 3 rings (SSSR count). The molecule has 1 atom stereocenters. The number of nitrogens with zero attached hydrogens (tertiary/aromatic N) is 3. The molecule has 0 spiro atoms. The largest absolute Gasteiger partial charge is 0.352 e. The van der Waals surface area contributed by atoms with E-state index in [1.54, 1.807) is 0 Å². The quantitative estimate of drug-likeness (QED) is 0.925. The highest BCUT2D eigenvalue weighted by molar-refractivity contribution is 5.49. The molecule has 0 fully saturated rings. The highest BCUT2D eigenvalue weighted by Crippen LogP contribution is 2.34. The first-order chi connectivity index (χ1) is 11.0. The molecule has 2 heterocycles. The maximum absolute atomic E-state index is 4.76. The number of hydrogen-bond donors (Lipinski definition) is 1. The monoisotopic (exact) mass is 310 g/mol. The lowest BCUT2D eigenvalue weighted by molar-refractivity contribution is 0.427. The van der Waals surface area contributed by atoms with Crippen molar-refractivity contribution in [3.8, 4) is 0 Å². The van der Waals surface area contributed by atoms with E-state index >= 15 is 0 Å². The van der Waals surface area contributed by atoms with Gasteiger partial charge in [-0.05, 0) is 50.8 Å². The number of nitrogens with one attached hydrogen (secondary N) is 1. The van der Waals surface area contributed by atoms with Crippen molar-refractivity contribution in [2.24, 2.45) is 0 Å². The first-order valence-corrected chi connectivity index (χ1v) is 8.43. The van der Waals surface area contributed by atoms with Gasteiger partial charge in [0.15, 0.2) is 0 Å². The minimum atomic E-state index is 0.0380. The zero-order valence-electron chi connectivity index (χ0n) is 14.5. The van der Waals surface area contributed by atoms with Crippen molar-refractivity contribution in [2.75, 3.05) is 10.2 Å². The van der Waals surface area contributed by atoms with Crippen molar-refractivity contribution in [1.29, 1.82) is 0 Å². The van der Waals surface area contributed by atoms with E-state index in [1.807, 2.05) is 12.3 Å². The Morgan fingerprint density at radius 3 is 2.70 bits per heavy atom. The standard InChI is InChI=1S/C19H26N4/c1-5-14(2)21-18-20-11-10-17(22-18)23-13-16-9-7-6-8-15(16)12-19(23,3)4/h6-11,14H,5,12-13H2,1-4H3,(H,20,21,22)/t14-/m0/s1. The maximum Gasteiger partial charge on any atom is 0.224 e. The Hall–Kier alpha value is -2.10. The zero-order valence-corrected chi connectivity index (χ0v) is 14.5. The molecule has 0 saturated heterocycles. The lowest BCUT2D eigenvalue weighted by Gasteiger charge is -2.44. The minimum Gasteiger partial charge on any atom is -0.352 e. The predicted molar refractivity (Wildman–Crippen MR) is 95.8 cm³/mol. The molecule has 4 nitrogen and oxygen atoms in total. The highest BCUT2D eigenvalue weighted by atomic mass is 15.3. The van der Waals surface area contributed by atoms with Crippen LogP contribution in [-0.4, -0.2) is 21.5 Å². The smallest absolute Gasteiger partial charge is 0.224 e. The summed E-state index contributed by atoms with van der Waals surface area (Å²) in [7, 11) is 0. The van der Waals surface area contributed by atoms with Crippen LogP contribution in [0.2, 0.25) is 0 Å². The van der Waals surface area contributed by atoms with Gasteiger partial charge < -0.3 is 10.2 Å². The molecule has 1 aromatic heterocycles. The molecule has 0 saturated carbocycles. The van der Waals surface area contributed by atoms with Crippen molar-refractivity contribution in [2.45, 2.75) is 58.7 Å². The van der Waals surface area contributed by atoms with Gasteiger partial charge in [-0.25, -0.2) is 4.98 Å². The minimum absolute atomic E-state index is 0.0380. The van der Waals surface area contributed by atoms with Crippen LogP contribution in [-0.2, 0) is 13.0 Å². The summed E-state index contributed by atoms with van der Waals surface area (Å²) in [6, 6.07) is 11.1. The van der Waals surface area contributed by atoms with E-state index in [2.05, 4.69) is 67.2 Å². The second-order valence-corrected chi connectivity index (χ2v) is 7.04. The fourth-order valence-corrected chi connectivity index (χ4v) is 3.11. The van der Waals surface area contributed by atoms with Crippen molar-refractivity contribution in [1.82, 2.24) is 9.97 Å². The van der Waals surface area contributed by atoms with E-state index in [-0.39, 0.29) is 5.54 Å². The highest BCUT2D eigenvalue weighted by Gasteiger charge is 2.33. The van der Waals surface area contributed by atoms with Crippen molar-refractivity contribution in [3.05, 3.63) is 47.7 Å². The molecule has 23 heavy (non-hydrogen) atoms. The van der Waals surface area contributed by atoms with Gasteiger partial charge in [-0.1, -0.05) is 31.2 Å². The summed E-state index contributed by atoms with van der Waals surface area (Å²) in [6.45, 7) is 9.77. The fourth-order valence-electron chi connectivity index (χ4n) is 3.11. The van der Waals surface area contributed by atoms with Crippen LogP contribution in [0, 0.1) is 0 Å². The Kier molecular flexibility index (Phi) is 4.24. The summed E-state index contributed by atoms with van der Waals surface area (Å²) in [6.07, 6.45) is 3.93.